The molecule has 1 atom stereocenters. The lowest BCUT2D eigenvalue weighted by molar-refractivity contribution is 0.101. The van der Waals surface area contributed by atoms with Gasteiger partial charge in [-0.25, -0.2) is 4.39 Å². The summed E-state index contributed by atoms with van der Waals surface area (Å²) < 4.78 is 14.3. The fraction of sp³-hybridized carbons (Fsp3) is 0.647. The Morgan fingerprint density at radius 2 is 1.64 bits per heavy atom. The Morgan fingerprint density at radius 3 is 2.27 bits per heavy atom. The molecular weight excluding hydrogens is 322 g/mol. The molecule has 1 aromatic carbocycles. The van der Waals surface area contributed by atoms with Gasteiger partial charge >= 0.3 is 0 Å². The van der Waals surface area contributed by atoms with Crippen LogP contribution in [0.2, 0.25) is 0 Å². The average Bonchev–Trinajstić information content (AvgIpc) is 2.52. The molecule has 1 saturated carbocycles. The third-order valence-electron chi connectivity index (χ3n) is 4.87. The highest BCUT2D eigenvalue weighted by Crippen LogP contribution is 2.39. The van der Waals surface area contributed by atoms with Crippen molar-refractivity contribution in [2.75, 3.05) is 26.2 Å². The zero-order chi connectivity index (χ0) is 13.8. The second-order valence-electron chi connectivity index (χ2n) is 6.15. The maximum atomic E-state index is 14.3. The van der Waals surface area contributed by atoms with E-state index in [4.69, 9.17) is 0 Å². The first-order chi connectivity index (χ1) is 9.86. The standard InChI is InChI=1S/C17H25FN2.2ClH/c18-16-9-5-4-8-15(16)17(14-6-2-1-3-7-14)20-12-10-19-11-13-20;;/h4-5,8-9,14,17,19H,1-3,6-7,10-13H2;2*1H/t17-;;/m0../s1. The molecule has 1 heterocycles. The Bertz CT molecular complexity index is 414. The molecule has 2 nitrogen and oxygen atoms in total. The summed E-state index contributed by atoms with van der Waals surface area (Å²) in [4.78, 5) is 2.50. The van der Waals surface area contributed by atoms with Crippen LogP contribution in [0.15, 0.2) is 24.3 Å². The molecule has 0 amide bonds. The Morgan fingerprint density at radius 1 is 1.00 bits per heavy atom. The molecule has 0 unspecified atom stereocenters. The Balaban J connectivity index is 0.00000121. The normalized spacial score (nSPS) is 21.5. The van der Waals surface area contributed by atoms with Crippen molar-refractivity contribution in [1.82, 2.24) is 10.2 Å². The van der Waals surface area contributed by atoms with Gasteiger partial charge in [0.1, 0.15) is 5.82 Å². The maximum absolute atomic E-state index is 14.3. The fourth-order valence-corrected chi connectivity index (χ4v) is 3.87. The molecule has 1 N–H and O–H groups in total. The molecule has 2 aliphatic rings. The van der Waals surface area contributed by atoms with Gasteiger partial charge in [0.25, 0.3) is 0 Å². The molecule has 126 valence electrons. The average molecular weight is 349 g/mol. The van der Waals surface area contributed by atoms with Gasteiger partial charge in [0.2, 0.25) is 0 Å². The number of benzene rings is 1. The van der Waals surface area contributed by atoms with Gasteiger partial charge in [0.15, 0.2) is 0 Å². The zero-order valence-corrected chi connectivity index (χ0v) is 14.6. The summed E-state index contributed by atoms with van der Waals surface area (Å²) in [6.45, 7) is 4.13. The van der Waals surface area contributed by atoms with Crippen molar-refractivity contribution in [1.29, 1.82) is 0 Å². The summed E-state index contributed by atoms with van der Waals surface area (Å²) in [6, 6.07) is 7.67. The van der Waals surface area contributed by atoms with Crippen molar-refractivity contribution >= 4 is 24.8 Å². The third kappa shape index (κ3) is 4.58. The van der Waals surface area contributed by atoms with E-state index in [1.165, 1.54) is 32.1 Å². The molecule has 0 bridgehead atoms. The minimum atomic E-state index is -0.0263. The lowest BCUT2D eigenvalue weighted by atomic mass is 9.80. The number of hydrogen-bond acceptors (Lipinski definition) is 2. The van der Waals surface area contributed by atoms with Crippen LogP contribution in [-0.2, 0) is 0 Å². The van der Waals surface area contributed by atoms with Crippen molar-refractivity contribution in [2.24, 2.45) is 5.92 Å². The summed E-state index contributed by atoms with van der Waals surface area (Å²) >= 11 is 0. The quantitative estimate of drug-likeness (QED) is 0.880. The SMILES string of the molecule is Cl.Cl.Fc1ccccc1[C@H](C1CCCCC1)N1CCNCC1. The van der Waals surface area contributed by atoms with Gasteiger partial charge in [-0.15, -0.1) is 24.8 Å². The largest absolute Gasteiger partial charge is 0.314 e. The molecule has 1 aromatic rings. The van der Waals surface area contributed by atoms with E-state index >= 15 is 0 Å². The van der Waals surface area contributed by atoms with Crippen LogP contribution in [0, 0.1) is 11.7 Å². The van der Waals surface area contributed by atoms with E-state index in [9.17, 15) is 4.39 Å². The van der Waals surface area contributed by atoms with Crippen molar-refractivity contribution in [3.8, 4) is 0 Å². The summed E-state index contributed by atoms with van der Waals surface area (Å²) in [7, 11) is 0. The third-order valence-corrected chi connectivity index (χ3v) is 4.87. The summed E-state index contributed by atoms with van der Waals surface area (Å²) in [5.74, 6) is 0.598. The highest BCUT2D eigenvalue weighted by molar-refractivity contribution is 5.85. The first-order valence-corrected chi connectivity index (χ1v) is 8.05. The molecule has 0 spiro atoms. The monoisotopic (exact) mass is 348 g/mol. The van der Waals surface area contributed by atoms with Gasteiger partial charge in [0, 0.05) is 37.8 Å². The molecule has 0 radical (unpaired) electrons. The first kappa shape index (κ1) is 19.7. The smallest absolute Gasteiger partial charge is 0.127 e. The van der Waals surface area contributed by atoms with Gasteiger partial charge in [-0.2, -0.15) is 0 Å². The second kappa shape index (κ2) is 9.71. The molecule has 2 fully saturated rings. The number of halogens is 3. The molecule has 1 aliphatic carbocycles. The van der Waals surface area contributed by atoms with Gasteiger partial charge in [0.05, 0.1) is 0 Å². The number of nitrogens with one attached hydrogen (secondary N) is 1. The topological polar surface area (TPSA) is 15.3 Å². The van der Waals surface area contributed by atoms with E-state index in [0.717, 1.165) is 31.7 Å². The van der Waals surface area contributed by atoms with Crippen LogP contribution in [0.1, 0.15) is 43.7 Å². The fourth-order valence-electron chi connectivity index (χ4n) is 3.87. The van der Waals surface area contributed by atoms with Crippen LogP contribution >= 0.6 is 24.8 Å². The van der Waals surface area contributed by atoms with Gasteiger partial charge in [-0.3, -0.25) is 4.90 Å². The number of piperazine rings is 1. The van der Waals surface area contributed by atoms with Crippen LogP contribution in [0.5, 0.6) is 0 Å². The van der Waals surface area contributed by atoms with Crippen LogP contribution in [-0.4, -0.2) is 31.1 Å². The van der Waals surface area contributed by atoms with Crippen molar-refractivity contribution in [3.63, 3.8) is 0 Å². The van der Waals surface area contributed by atoms with Crippen LogP contribution in [0.25, 0.3) is 0 Å². The van der Waals surface area contributed by atoms with Crippen molar-refractivity contribution < 1.29 is 4.39 Å². The van der Waals surface area contributed by atoms with Crippen LogP contribution < -0.4 is 5.32 Å². The molecule has 1 aliphatic heterocycles. The predicted octanol–water partition coefficient (Wildman–Crippen LogP) is 4.20. The second-order valence-corrected chi connectivity index (χ2v) is 6.15. The highest BCUT2D eigenvalue weighted by atomic mass is 35.5. The van der Waals surface area contributed by atoms with E-state index in [2.05, 4.69) is 10.2 Å². The number of rotatable bonds is 3. The summed E-state index contributed by atoms with van der Waals surface area (Å²) in [5, 5.41) is 3.40. The lowest BCUT2D eigenvalue weighted by Crippen LogP contribution is -2.47. The number of hydrogen-bond donors (Lipinski definition) is 1. The van der Waals surface area contributed by atoms with Gasteiger partial charge < -0.3 is 5.32 Å². The minimum absolute atomic E-state index is 0. The minimum Gasteiger partial charge on any atom is -0.314 e. The van der Waals surface area contributed by atoms with Crippen LogP contribution in [0.3, 0.4) is 0 Å². The number of nitrogens with zero attached hydrogens (tertiary/aromatic N) is 1. The van der Waals surface area contributed by atoms with E-state index in [-0.39, 0.29) is 36.7 Å². The van der Waals surface area contributed by atoms with Crippen LogP contribution in [0.4, 0.5) is 4.39 Å². The Kier molecular flexibility index (Phi) is 8.70. The van der Waals surface area contributed by atoms with E-state index < -0.39 is 0 Å². The Labute approximate surface area is 145 Å². The first-order valence-electron chi connectivity index (χ1n) is 8.05. The maximum Gasteiger partial charge on any atom is 0.127 e. The van der Waals surface area contributed by atoms with E-state index in [1.807, 2.05) is 12.1 Å². The summed E-state index contributed by atoms with van der Waals surface area (Å²) in [5.41, 5.74) is 0.918. The molecule has 5 heteroatoms. The van der Waals surface area contributed by atoms with Gasteiger partial charge in [-0.05, 0) is 24.8 Å². The zero-order valence-electron chi connectivity index (χ0n) is 13.0. The lowest BCUT2D eigenvalue weighted by Gasteiger charge is -2.41. The van der Waals surface area contributed by atoms with Crippen molar-refractivity contribution in [2.45, 2.75) is 38.1 Å². The summed E-state index contributed by atoms with van der Waals surface area (Å²) in [6.07, 6.45) is 6.47. The molecule has 22 heavy (non-hydrogen) atoms. The predicted molar refractivity (Wildman–Crippen MR) is 94.7 cm³/mol. The Hall–Kier alpha value is -0.350. The van der Waals surface area contributed by atoms with Crippen molar-refractivity contribution in [3.05, 3.63) is 35.6 Å². The highest BCUT2D eigenvalue weighted by Gasteiger charge is 2.32. The van der Waals surface area contributed by atoms with E-state index in [1.54, 1.807) is 12.1 Å². The molecule has 0 aromatic heterocycles. The molecule has 3 rings (SSSR count). The molecule has 1 saturated heterocycles. The van der Waals surface area contributed by atoms with Gasteiger partial charge in [-0.1, -0.05) is 37.5 Å². The molecular formula is C17H27Cl2FN2. The van der Waals surface area contributed by atoms with E-state index in [0.29, 0.717) is 5.92 Å².